The Hall–Kier alpha value is -2.03. The van der Waals surface area contributed by atoms with Gasteiger partial charge in [-0.2, -0.15) is 0 Å². The number of benzene rings is 1. The Morgan fingerprint density at radius 2 is 2.00 bits per heavy atom. The molecule has 0 fully saturated rings. The van der Waals surface area contributed by atoms with Crippen molar-refractivity contribution in [2.24, 2.45) is 5.73 Å². The molecule has 0 amide bonds. The summed E-state index contributed by atoms with van der Waals surface area (Å²) < 4.78 is 13.3. The summed E-state index contributed by atoms with van der Waals surface area (Å²) in [5.41, 5.74) is 7.60. The molecule has 16 heavy (non-hydrogen) atoms. The molecule has 0 atom stereocenters. The van der Waals surface area contributed by atoms with Crippen LogP contribution in [0.3, 0.4) is 0 Å². The first kappa shape index (κ1) is 12.0. The molecule has 1 aromatic rings. The van der Waals surface area contributed by atoms with Crippen LogP contribution in [0.1, 0.15) is 5.56 Å². The van der Waals surface area contributed by atoms with Gasteiger partial charge in [0, 0.05) is 5.70 Å². The molecule has 0 bridgehead atoms. The van der Waals surface area contributed by atoms with E-state index < -0.39 is 0 Å². The first-order valence-electron chi connectivity index (χ1n) is 4.78. The van der Waals surface area contributed by atoms with E-state index in [1.54, 1.807) is 17.9 Å². The summed E-state index contributed by atoms with van der Waals surface area (Å²) in [7, 11) is 0. The fourth-order valence-corrected chi connectivity index (χ4v) is 1.45. The summed E-state index contributed by atoms with van der Waals surface area (Å²) in [6.45, 7) is 12.8. The van der Waals surface area contributed by atoms with Crippen LogP contribution in [-0.4, -0.2) is 0 Å². The van der Waals surface area contributed by atoms with Gasteiger partial charge in [0.2, 0.25) is 0 Å². The maximum Gasteiger partial charge on any atom is 0.125 e. The van der Waals surface area contributed by atoms with Crippen molar-refractivity contribution in [1.29, 1.82) is 0 Å². The van der Waals surface area contributed by atoms with Crippen LogP contribution in [0, 0.1) is 12.7 Å². The number of aryl methyl sites for hydroxylation is 1. The summed E-state index contributed by atoms with van der Waals surface area (Å²) in [4.78, 5) is 1.54. The molecule has 3 heteroatoms. The van der Waals surface area contributed by atoms with Crippen molar-refractivity contribution in [3.63, 3.8) is 0 Å². The number of rotatable bonds is 4. The number of hydrogen-bond donors (Lipinski definition) is 1. The third-order valence-electron chi connectivity index (χ3n) is 2.10. The number of allylic oxidation sites excluding steroid dienone is 1. The SMILES string of the molecule is C=CC(=C)N(C(=C)N)c1cc(C)cc(F)c1. The second kappa shape index (κ2) is 4.66. The van der Waals surface area contributed by atoms with Crippen LogP contribution in [0.4, 0.5) is 10.1 Å². The molecule has 0 aliphatic carbocycles. The summed E-state index contributed by atoms with van der Waals surface area (Å²) in [6, 6.07) is 4.62. The molecule has 0 unspecified atom stereocenters. The van der Waals surface area contributed by atoms with Gasteiger partial charge in [-0.15, -0.1) is 0 Å². The van der Waals surface area contributed by atoms with Crippen LogP contribution in [0.5, 0.6) is 0 Å². The van der Waals surface area contributed by atoms with Crippen molar-refractivity contribution in [3.8, 4) is 0 Å². The highest BCUT2D eigenvalue weighted by atomic mass is 19.1. The zero-order valence-electron chi connectivity index (χ0n) is 9.33. The van der Waals surface area contributed by atoms with Crippen molar-refractivity contribution in [1.82, 2.24) is 0 Å². The first-order valence-corrected chi connectivity index (χ1v) is 4.78. The number of halogens is 1. The quantitative estimate of drug-likeness (QED) is 0.787. The average Bonchev–Trinajstić information content (AvgIpc) is 2.15. The van der Waals surface area contributed by atoms with Crippen LogP contribution < -0.4 is 10.6 Å². The minimum absolute atomic E-state index is 0.273. The fraction of sp³-hybridized carbons (Fsp3) is 0.0769. The van der Waals surface area contributed by atoms with Gasteiger partial charge in [-0.3, -0.25) is 4.90 Å². The molecule has 2 N–H and O–H groups in total. The van der Waals surface area contributed by atoms with E-state index in [0.29, 0.717) is 11.4 Å². The fourth-order valence-electron chi connectivity index (χ4n) is 1.45. The molecular weight excluding hydrogens is 203 g/mol. The predicted octanol–water partition coefficient (Wildman–Crippen LogP) is 3.07. The van der Waals surface area contributed by atoms with Gasteiger partial charge in [0.1, 0.15) is 11.6 Å². The van der Waals surface area contributed by atoms with E-state index >= 15 is 0 Å². The van der Waals surface area contributed by atoms with Gasteiger partial charge >= 0.3 is 0 Å². The van der Waals surface area contributed by atoms with Gasteiger partial charge in [0.15, 0.2) is 0 Å². The van der Waals surface area contributed by atoms with Gasteiger partial charge in [0.25, 0.3) is 0 Å². The van der Waals surface area contributed by atoms with E-state index in [1.807, 2.05) is 0 Å². The number of nitrogens with zero attached hydrogens (tertiary/aromatic N) is 1. The molecule has 0 radical (unpaired) electrons. The lowest BCUT2D eigenvalue weighted by molar-refractivity contribution is 0.626. The molecule has 1 rings (SSSR count). The maximum atomic E-state index is 13.3. The molecule has 0 aliphatic heterocycles. The molecule has 0 aromatic heterocycles. The molecule has 0 heterocycles. The highest BCUT2D eigenvalue weighted by Crippen LogP contribution is 2.23. The third kappa shape index (κ3) is 2.51. The molecule has 0 spiro atoms. The minimum Gasteiger partial charge on any atom is -0.385 e. The molecule has 2 nitrogen and oxygen atoms in total. The topological polar surface area (TPSA) is 29.3 Å². The molecule has 84 valence electrons. The van der Waals surface area contributed by atoms with Crippen LogP contribution in [0.2, 0.25) is 0 Å². The van der Waals surface area contributed by atoms with E-state index in [-0.39, 0.29) is 11.6 Å². The second-order valence-electron chi connectivity index (χ2n) is 3.51. The second-order valence-corrected chi connectivity index (χ2v) is 3.51. The molecule has 0 saturated heterocycles. The van der Waals surface area contributed by atoms with Crippen molar-refractivity contribution >= 4 is 5.69 Å². The van der Waals surface area contributed by atoms with Gasteiger partial charge in [-0.05, 0) is 36.8 Å². The van der Waals surface area contributed by atoms with Crippen molar-refractivity contribution in [3.05, 3.63) is 66.9 Å². The van der Waals surface area contributed by atoms with Crippen LogP contribution in [0.15, 0.2) is 55.5 Å². The number of anilines is 1. The van der Waals surface area contributed by atoms with E-state index in [0.717, 1.165) is 5.56 Å². The average molecular weight is 218 g/mol. The lowest BCUT2D eigenvalue weighted by Gasteiger charge is -2.24. The minimum atomic E-state index is -0.321. The Morgan fingerprint density at radius 1 is 1.38 bits per heavy atom. The van der Waals surface area contributed by atoms with E-state index in [1.165, 1.54) is 18.2 Å². The van der Waals surface area contributed by atoms with Crippen LogP contribution in [0.25, 0.3) is 0 Å². The molecular formula is C13H15FN2. The summed E-state index contributed by atoms with van der Waals surface area (Å²) in [5, 5.41) is 0. The Kier molecular flexibility index (Phi) is 3.51. The normalized spacial score (nSPS) is 9.62. The monoisotopic (exact) mass is 218 g/mol. The van der Waals surface area contributed by atoms with Crippen molar-refractivity contribution < 1.29 is 4.39 Å². The zero-order chi connectivity index (χ0) is 12.3. The van der Waals surface area contributed by atoms with Crippen molar-refractivity contribution in [2.75, 3.05) is 4.90 Å². The summed E-state index contributed by atoms with van der Waals surface area (Å²) in [6.07, 6.45) is 1.54. The van der Waals surface area contributed by atoms with Crippen molar-refractivity contribution in [2.45, 2.75) is 6.92 Å². The summed E-state index contributed by atoms with van der Waals surface area (Å²) >= 11 is 0. The van der Waals surface area contributed by atoms with E-state index in [9.17, 15) is 4.39 Å². The van der Waals surface area contributed by atoms with Crippen LogP contribution in [-0.2, 0) is 0 Å². The predicted molar refractivity (Wildman–Crippen MR) is 66.3 cm³/mol. The largest absolute Gasteiger partial charge is 0.385 e. The standard InChI is InChI=1S/C13H15FN2/c1-5-10(3)16(11(4)15)13-7-9(2)6-12(14)8-13/h5-8H,1,3-4,15H2,2H3. The van der Waals surface area contributed by atoms with Gasteiger partial charge in [-0.25, -0.2) is 4.39 Å². The maximum absolute atomic E-state index is 13.3. The lowest BCUT2D eigenvalue weighted by atomic mass is 10.2. The number of nitrogens with two attached hydrogens (primary N) is 1. The van der Waals surface area contributed by atoms with Gasteiger partial charge in [-0.1, -0.05) is 19.7 Å². The molecule has 1 aromatic carbocycles. The van der Waals surface area contributed by atoms with E-state index in [4.69, 9.17) is 5.73 Å². The Morgan fingerprint density at radius 3 is 2.44 bits per heavy atom. The van der Waals surface area contributed by atoms with Crippen LogP contribution >= 0.6 is 0 Å². The van der Waals surface area contributed by atoms with Gasteiger partial charge in [0.05, 0.1) is 5.69 Å². The highest BCUT2D eigenvalue weighted by molar-refractivity contribution is 5.59. The zero-order valence-corrected chi connectivity index (χ0v) is 9.33. The Bertz CT molecular complexity index is 429. The lowest BCUT2D eigenvalue weighted by Crippen LogP contribution is -2.24. The van der Waals surface area contributed by atoms with E-state index in [2.05, 4.69) is 19.7 Å². The third-order valence-corrected chi connectivity index (χ3v) is 2.10. The Balaban J connectivity index is 3.26. The highest BCUT2D eigenvalue weighted by Gasteiger charge is 2.11. The summed E-state index contributed by atoms with van der Waals surface area (Å²) in [5.74, 6) is -0.0481. The molecule has 0 saturated carbocycles. The molecule has 0 aliphatic rings. The smallest absolute Gasteiger partial charge is 0.125 e. The number of hydrogen-bond acceptors (Lipinski definition) is 2. The van der Waals surface area contributed by atoms with Gasteiger partial charge < -0.3 is 5.73 Å². The first-order chi connectivity index (χ1) is 7.45. The Labute approximate surface area is 95.2 Å².